The highest BCUT2D eigenvalue weighted by atomic mass is 19.1. The third-order valence-electron chi connectivity index (χ3n) is 3.14. The maximum atomic E-state index is 13.2. The van der Waals surface area contributed by atoms with Crippen molar-refractivity contribution in [2.45, 2.75) is 19.4 Å². The first-order valence-electron chi connectivity index (χ1n) is 7.01. The van der Waals surface area contributed by atoms with Crippen LogP contribution in [0.1, 0.15) is 18.4 Å². The summed E-state index contributed by atoms with van der Waals surface area (Å²) in [6.07, 6.45) is 2.41. The minimum Gasteiger partial charge on any atom is -0.490 e. The van der Waals surface area contributed by atoms with Crippen molar-refractivity contribution in [3.05, 3.63) is 65.7 Å². The van der Waals surface area contributed by atoms with Gasteiger partial charge < -0.3 is 10.5 Å². The topological polar surface area (TPSA) is 35.2 Å². The molecule has 112 valence electrons. The van der Waals surface area contributed by atoms with Crippen LogP contribution in [0.4, 0.5) is 8.78 Å². The fourth-order valence-corrected chi connectivity index (χ4v) is 1.69. The van der Waals surface area contributed by atoms with Gasteiger partial charge in [0.05, 0.1) is 6.61 Å². The smallest absolute Gasteiger partial charge is 0.165 e. The molecule has 0 aromatic heterocycles. The van der Waals surface area contributed by atoms with E-state index in [1.54, 1.807) is 30.3 Å². The zero-order chi connectivity index (χ0) is 15.1. The van der Waals surface area contributed by atoms with Crippen LogP contribution in [0.15, 0.2) is 48.5 Å². The standard InChI is InChI=1S/C11H14FNO.C6H5F/c12-10-4-3-9(6-13)5-11(10)14-7-8-1-2-8;7-6-4-2-1-3-5-6/h3-5,8H,1-2,6-7,13H2;1-5H. The molecule has 1 aliphatic carbocycles. The third-order valence-corrected chi connectivity index (χ3v) is 3.14. The molecule has 0 radical (unpaired) electrons. The lowest BCUT2D eigenvalue weighted by molar-refractivity contribution is 0.285. The average molecular weight is 291 g/mol. The Kier molecular flexibility index (Phi) is 5.69. The fourth-order valence-electron chi connectivity index (χ4n) is 1.69. The van der Waals surface area contributed by atoms with Gasteiger partial charge in [0.2, 0.25) is 0 Å². The Morgan fingerprint density at radius 3 is 2.29 bits per heavy atom. The Labute approximate surface area is 123 Å². The van der Waals surface area contributed by atoms with Crippen LogP contribution < -0.4 is 10.5 Å². The minimum atomic E-state index is -0.303. The molecule has 2 aromatic carbocycles. The third kappa shape index (κ3) is 5.52. The molecule has 21 heavy (non-hydrogen) atoms. The summed E-state index contributed by atoms with van der Waals surface area (Å²) in [6.45, 7) is 1.05. The molecule has 2 nitrogen and oxygen atoms in total. The Balaban J connectivity index is 0.000000194. The summed E-state index contributed by atoms with van der Waals surface area (Å²) in [4.78, 5) is 0. The zero-order valence-corrected chi connectivity index (χ0v) is 11.8. The number of benzene rings is 2. The predicted octanol–water partition coefficient (Wildman–Crippen LogP) is 3.90. The van der Waals surface area contributed by atoms with Crippen LogP contribution in [0.5, 0.6) is 5.75 Å². The van der Waals surface area contributed by atoms with Gasteiger partial charge >= 0.3 is 0 Å². The number of rotatable bonds is 4. The first kappa shape index (κ1) is 15.4. The van der Waals surface area contributed by atoms with Crippen molar-refractivity contribution < 1.29 is 13.5 Å². The van der Waals surface area contributed by atoms with Crippen LogP contribution in [0.2, 0.25) is 0 Å². The molecule has 1 aliphatic rings. The van der Waals surface area contributed by atoms with Crippen LogP contribution in [0.25, 0.3) is 0 Å². The van der Waals surface area contributed by atoms with Crippen LogP contribution in [-0.4, -0.2) is 6.61 Å². The zero-order valence-electron chi connectivity index (χ0n) is 11.8. The van der Waals surface area contributed by atoms with Gasteiger partial charge in [-0.15, -0.1) is 0 Å². The van der Waals surface area contributed by atoms with Gasteiger partial charge in [0.15, 0.2) is 11.6 Å². The van der Waals surface area contributed by atoms with Crippen LogP contribution in [-0.2, 0) is 6.54 Å². The number of halogens is 2. The van der Waals surface area contributed by atoms with Crippen LogP contribution in [0, 0.1) is 17.6 Å². The molecule has 0 aliphatic heterocycles. The van der Waals surface area contributed by atoms with Gasteiger partial charge in [-0.2, -0.15) is 0 Å². The summed E-state index contributed by atoms with van der Waals surface area (Å²) >= 11 is 0. The summed E-state index contributed by atoms with van der Waals surface area (Å²) in [5.41, 5.74) is 6.36. The second kappa shape index (κ2) is 7.74. The van der Waals surface area contributed by atoms with E-state index in [0.717, 1.165) is 5.56 Å². The second-order valence-corrected chi connectivity index (χ2v) is 5.02. The van der Waals surface area contributed by atoms with Gasteiger partial charge in [0.1, 0.15) is 5.82 Å². The van der Waals surface area contributed by atoms with Crippen molar-refractivity contribution in [3.8, 4) is 5.75 Å². The van der Waals surface area contributed by atoms with E-state index in [-0.39, 0.29) is 11.6 Å². The molecule has 0 spiro atoms. The molecule has 0 heterocycles. The van der Waals surface area contributed by atoms with E-state index in [1.165, 1.54) is 31.0 Å². The lowest BCUT2D eigenvalue weighted by atomic mass is 10.2. The van der Waals surface area contributed by atoms with Crippen molar-refractivity contribution in [1.82, 2.24) is 0 Å². The Bertz CT molecular complexity index is 556. The maximum Gasteiger partial charge on any atom is 0.165 e. The SMILES string of the molecule is Fc1ccccc1.NCc1ccc(F)c(OCC2CC2)c1. The largest absolute Gasteiger partial charge is 0.490 e. The normalized spacial score (nSPS) is 13.3. The molecule has 0 saturated heterocycles. The summed E-state index contributed by atoms with van der Waals surface area (Å²) in [5.74, 6) is 0.487. The Morgan fingerprint density at radius 1 is 1.05 bits per heavy atom. The number of hydrogen-bond donors (Lipinski definition) is 1. The molecular formula is C17H19F2NO. The van der Waals surface area contributed by atoms with Gasteiger partial charge in [0.25, 0.3) is 0 Å². The summed E-state index contributed by atoms with van der Waals surface area (Å²) in [7, 11) is 0. The number of ether oxygens (including phenoxy) is 1. The quantitative estimate of drug-likeness (QED) is 0.927. The molecule has 2 N–H and O–H groups in total. The van der Waals surface area contributed by atoms with E-state index in [9.17, 15) is 8.78 Å². The van der Waals surface area contributed by atoms with Crippen molar-refractivity contribution in [2.75, 3.05) is 6.61 Å². The first-order valence-corrected chi connectivity index (χ1v) is 7.01. The van der Waals surface area contributed by atoms with Gasteiger partial charge in [0, 0.05) is 6.54 Å². The lowest BCUT2D eigenvalue weighted by Gasteiger charge is -2.07. The highest BCUT2D eigenvalue weighted by Crippen LogP contribution is 2.30. The minimum absolute atomic E-state index is 0.178. The maximum absolute atomic E-state index is 13.2. The van der Waals surface area contributed by atoms with E-state index in [0.29, 0.717) is 24.8 Å². The summed E-state index contributed by atoms with van der Waals surface area (Å²) < 4.78 is 30.5. The molecular weight excluding hydrogens is 272 g/mol. The summed E-state index contributed by atoms with van der Waals surface area (Å²) in [6, 6.07) is 12.7. The van der Waals surface area contributed by atoms with Crippen molar-refractivity contribution in [2.24, 2.45) is 11.7 Å². The molecule has 0 atom stereocenters. The first-order chi connectivity index (χ1) is 10.2. The molecule has 1 saturated carbocycles. The van der Waals surface area contributed by atoms with E-state index < -0.39 is 0 Å². The fraction of sp³-hybridized carbons (Fsp3) is 0.294. The van der Waals surface area contributed by atoms with E-state index in [2.05, 4.69) is 0 Å². The van der Waals surface area contributed by atoms with Gasteiger partial charge in [-0.05, 0) is 48.6 Å². The number of nitrogens with two attached hydrogens (primary N) is 1. The summed E-state index contributed by atoms with van der Waals surface area (Å²) in [5, 5.41) is 0. The molecule has 0 amide bonds. The monoisotopic (exact) mass is 291 g/mol. The van der Waals surface area contributed by atoms with Gasteiger partial charge in [-0.25, -0.2) is 8.78 Å². The predicted molar refractivity (Wildman–Crippen MR) is 78.9 cm³/mol. The van der Waals surface area contributed by atoms with Gasteiger partial charge in [-0.3, -0.25) is 0 Å². The highest BCUT2D eigenvalue weighted by Gasteiger charge is 2.22. The van der Waals surface area contributed by atoms with E-state index >= 15 is 0 Å². The lowest BCUT2D eigenvalue weighted by Crippen LogP contribution is -2.03. The van der Waals surface area contributed by atoms with Crippen LogP contribution in [0.3, 0.4) is 0 Å². The second-order valence-electron chi connectivity index (χ2n) is 5.02. The molecule has 0 bridgehead atoms. The average Bonchev–Trinajstić information content (AvgIpc) is 3.32. The number of hydrogen-bond acceptors (Lipinski definition) is 2. The van der Waals surface area contributed by atoms with Crippen LogP contribution >= 0.6 is 0 Å². The molecule has 1 fully saturated rings. The van der Waals surface area contributed by atoms with Gasteiger partial charge in [-0.1, -0.05) is 24.3 Å². The highest BCUT2D eigenvalue weighted by molar-refractivity contribution is 5.30. The van der Waals surface area contributed by atoms with Crippen molar-refractivity contribution in [1.29, 1.82) is 0 Å². The molecule has 2 aromatic rings. The Hall–Kier alpha value is -1.94. The van der Waals surface area contributed by atoms with E-state index in [4.69, 9.17) is 10.5 Å². The molecule has 0 unspecified atom stereocenters. The molecule has 3 rings (SSSR count). The van der Waals surface area contributed by atoms with Crippen molar-refractivity contribution in [3.63, 3.8) is 0 Å². The van der Waals surface area contributed by atoms with Crippen molar-refractivity contribution >= 4 is 0 Å². The Morgan fingerprint density at radius 2 is 1.76 bits per heavy atom. The van der Waals surface area contributed by atoms with E-state index in [1.807, 2.05) is 0 Å². The molecule has 4 heteroatoms.